The van der Waals surface area contributed by atoms with Gasteiger partial charge in [-0.05, 0) is 69.1 Å². The minimum absolute atomic E-state index is 0.214. The van der Waals surface area contributed by atoms with Gasteiger partial charge in [-0.25, -0.2) is 23.2 Å². The van der Waals surface area contributed by atoms with E-state index < -0.39 is 34.2 Å². The fourth-order valence-electron chi connectivity index (χ4n) is 7.64. The number of carbonyl (C=O) groups excluding carboxylic acids is 1. The Morgan fingerprint density at radius 1 is 0.838 bits per heavy atom. The number of nitrogens with zero attached hydrogens (tertiary/aromatic N) is 3. The van der Waals surface area contributed by atoms with Crippen molar-refractivity contribution in [2.45, 2.75) is 101 Å². The van der Waals surface area contributed by atoms with Crippen LogP contribution in [0.5, 0.6) is 0 Å². The van der Waals surface area contributed by atoms with Gasteiger partial charge in [0, 0.05) is 38.8 Å². The summed E-state index contributed by atoms with van der Waals surface area (Å²) in [5.74, 6) is -0.485. The van der Waals surface area contributed by atoms with E-state index in [0.717, 1.165) is 64.2 Å². The van der Waals surface area contributed by atoms with Gasteiger partial charge in [0.25, 0.3) is 0 Å². The van der Waals surface area contributed by atoms with Crippen LogP contribution < -0.4 is 5.43 Å². The molecule has 4 heterocycles. The number of hydrogen-bond donors (Lipinski definition) is 1. The van der Waals surface area contributed by atoms with E-state index >= 15 is 0 Å². The molecule has 5 rings (SSSR count). The van der Waals surface area contributed by atoms with Crippen molar-refractivity contribution in [2.75, 3.05) is 32.7 Å². The van der Waals surface area contributed by atoms with Crippen LogP contribution in [0, 0.1) is 23.7 Å². The molecule has 1 amide bonds. The predicted molar refractivity (Wildman–Crippen MR) is 135 cm³/mol. The molecule has 11 heteroatoms. The third-order valence-electron chi connectivity index (χ3n) is 10.00. The molecule has 7 nitrogen and oxygen atoms in total. The minimum atomic E-state index is -4.49. The lowest BCUT2D eigenvalue weighted by Crippen LogP contribution is -2.52. The Balaban J connectivity index is 1.24. The van der Waals surface area contributed by atoms with E-state index in [0.29, 0.717) is 45.1 Å². The average molecular weight is 549 g/mol. The maximum Gasteiger partial charge on any atom is 0.406 e. The van der Waals surface area contributed by atoms with Crippen LogP contribution in [0.15, 0.2) is 0 Å². The van der Waals surface area contributed by atoms with Crippen molar-refractivity contribution in [3.05, 3.63) is 0 Å². The number of piperidine rings is 3. The summed E-state index contributed by atoms with van der Waals surface area (Å²) in [5.41, 5.74) is 2.67. The SMILES string of the molecule is CC1CCN(C(=O)C2C3CC(C4CCN(S(=O)(=O)C5CCCCC5)CC4)CCN3NC2C(F)(F)F)CC1. The van der Waals surface area contributed by atoms with Crippen LogP contribution in [0.4, 0.5) is 13.2 Å². The number of hydrazine groups is 1. The number of hydrogen-bond acceptors (Lipinski definition) is 5. The molecular weight excluding hydrogens is 505 g/mol. The van der Waals surface area contributed by atoms with E-state index in [-0.39, 0.29) is 23.0 Å². The van der Waals surface area contributed by atoms with Gasteiger partial charge in [-0.1, -0.05) is 26.2 Å². The van der Waals surface area contributed by atoms with Crippen molar-refractivity contribution in [1.82, 2.24) is 19.6 Å². The van der Waals surface area contributed by atoms with Gasteiger partial charge in [-0.3, -0.25) is 4.79 Å². The highest BCUT2D eigenvalue weighted by molar-refractivity contribution is 7.89. The summed E-state index contributed by atoms with van der Waals surface area (Å²) in [4.78, 5) is 15.2. The monoisotopic (exact) mass is 548 g/mol. The molecule has 4 saturated heterocycles. The highest BCUT2D eigenvalue weighted by Gasteiger charge is 2.59. The summed E-state index contributed by atoms with van der Waals surface area (Å²) in [6.45, 7) is 4.69. The zero-order valence-corrected chi connectivity index (χ0v) is 22.8. The molecule has 0 bridgehead atoms. The van der Waals surface area contributed by atoms with Gasteiger partial charge in [0.2, 0.25) is 15.9 Å². The molecular formula is C26H43F3N4O3S. The number of fused-ring (bicyclic) bond motifs is 1. The smallest absolute Gasteiger partial charge is 0.342 e. The van der Waals surface area contributed by atoms with Gasteiger partial charge < -0.3 is 4.90 Å². The standard InChI is InChI=1S/C26H43F3N4O3S/c1-18-7-12-31(13-8-18)25(34)23-22-17-20(11-16-33(22)30-24(23)26(27,28)29)19-9-14-32(15-10-19)37(35,36)21-5-3-2-4-6-21/h18-24,30H,2-17H2,1H3. The van der Waals surface area contributed by atoms with Gasteiger partial charge >= 0.3 is 6.18 Å². The summed E-state index contributed by atoms with van der Waals surface area (Å²) in [6.07, 6.45) is 4.58. The van der Waals surface area contributed by atoms with Crippen LogP contribution in [0.1, 0.15) is 77.6 Å². The quantitative estimate of drug-likeness (QED) is 0.579. The Hall–Kier alpha value is -0.910. The maximum absolute atomic E-state index is 14.1. The second-order valence-electron chi connectivity index (χ2n) is 12.3. The number of carbonyl (C=O) groups is 1. The van der Waals surface area contributed by atoms with E-state index in [9.17, 15) is 26.4 Å². The van der Waals surface area contributed by atoms with Crippen molar-refractivity contribution in [2.24, 2.45) is 23.7 Å². The molecule has 4 unspecified atom stereocenters. The molecule has 4 aliphatic heterocycles. The molecule has 5 fully saturated rings. The minimum Gasteiger partial charge on any atom is -0.342 e. The highest BCUT2D eigenvalue weighted by Crippen LogP contribution is 2.44. The number of amides is 1. The first-order valence-electron chi connectivity index (χ1n) is 14.4. The average Bonchev–Trinajstić information content (AvgIpc) is 3.29. The number of nitrogens with one attached hydrogen (secondary N) is 1. The lowest BCUT2D eigenvalue weighted by molar-refractivity contribution is -0.172. The van der Waals surface area contributed by atoms with E-state index in [4.69, 9.17) is 0 Å². The summed E-state index contributed by atoms with van der Waals surface area (Å²) in [6, 6.07) is -2.31. The van der Waals surface area contributed by atoms with Crippen LogP contribution in [-0.4, -0.2) is 84.8 Å². The molecule has 0 aromatic carbocycles. The van der Waals surface area contributed by atoms with Gasteiger partial charge in [0.15, 0.2) is 0 Å². The fourth-order valence-corrected chi connectivity index (χ4v) is 9.71. The first kappa shape index (κ1) is 27.6. The third kappa shape index (κ3) is 5.70. The molecule has 1 N–H and O–H groups in total. The summed E-state index contributed by atoms with van der Waals surface area (Å²) in [7, 11) is -3.27. The molecule has 0 aromatic rings. The normalized spacial score (nSPS) is 34.5. The van der Waals surface area contributed by atoms with Gasteiger partial charge in [-0.2, -0.15) is 13.2 Å². The molecule has 1 saturated carbocycles. The van der Waals surface area contributed by atoms with Crippen LogP contribution >= 0.6 is 0 Å². The molecule has 4 atom stereocenters. The lowest BCUT2D eigenvalue weighted by Gasteiger charge is -2.43. The van der Waals surface area contributed by atoms with Gasteiger partial charge in [-0.15, -0.1) is 0 Å². The molecule has 5 aliphatic rings. The molecule has 212 valence electrons. The van der Waals surface area contributed by atoms with Crippen LogP contribution in [0.3, 0.4) is 0 Å². The Morgan fingerprint density at radius 2 is 1.46 bits per heavy atom. The molecule has 37 heavy (non-hydrogen) atoms. The molecule has 0 aromatic heterocycles. The van der Waals surface area contributed by atoms with Crippen molar-refractivity contribution >= 4 is 15.9 Å². The van der Waals surface area contributed by atoms with Crippen LogP contribution in [-0.2, 0) is 14.8 Å². The first-order chi connectivity index (χ1) is 17.6. The predicted octanol–water partition coefficient (Wildman–Crippen LogP) is 3.77. The van der Waals surface area contributed by atoms with E-state index in [1.54, 1.807) is 14.2 Å². The Labute approximate surface area is 219 Å². The second-order valence-corrected chi connectivity index (χ2v) is 14.5. The number of halogens is 3. The molecule has 0 spiro atoms. The summed E-state index contributed by atoms with van der Waals surface area (Å²) in [5, 5.41) is 1.43. The van der Waals surface area contributed by atoms with Crippen molar-refractivity contribution < 1.29 is 26.4 Å². The van der Waals surface area contributed by atoms with Crippen molar-refractivity contribution in [1.29, 1.82) is 0 Å². The maximum atomic E-state index is 14.1. The Kier molecular flexibility index (Phi) is 8.17. The van der Waals surface area contributed by atoms with Crippen molar-refractivity contribution in [3.63, 3.8) is 0 Å². The summed E-state index contributed by atoms with van der Waals surface area (Å²) < 4.78 is 70.2. The molecule has 0 radical (unpaired) electrons. The zero-order chi connectivity index (χ0) is 26.4. The first-order valence-corrected chi connectivity index (χ1v) is 15.9. The lowest BCUT2D eigenvalue weighted by atomic mass is 9.74. The highest BCUT2D eigenvalue weighted by atomic mass is 32.2. The number of likely N-dealkylation sites (tertiary alicyclic amines) is 1. The zero-order valence-electron chi connectivity index (χ0n) is 22.0. The Morgan fingerprint density at radius 3 is 2.08 bits per heavy atom. The van der Waals surface area contributed by atoms with Crippen LogP contribution in [0.25, 0.3) is 0 Å². The largest absolute Gasteiger partial charge is 0.406 e. The van der Waals surface area contributed by atoms with Crippen LogP contribution in [0.2, 0.25) is 0 Å². The number of sulfonamides is 1. The number of alkyl halides is 3. The molecule has 1 aliphatic carbocycles. The van der Waals surface area contributed by atoms with Gasteiger partial charge in [0.05, 0.1) is 11.2 Å². The fraction of sp³-hybridized carbons (Fsp3) is 0.962. The third-order valence-corrected chi connectivity index (χ3v) is 12.4. The Bertz CT molecular complexity index is 911. The van der Waals surface area contributed by atoms with Crippen molar-refractivity contribution in [3.8, 4) is 0 Å². The van der Waals surface area contributed by atoms with E-state index in [1.807, 2.05) is 0 Å². The topological polar surface area (TPSA) is 73.0 Å². The van der Waals surface area contributed by atoms with E-state index in [1.165, 1.54) is 0 Å². The summed E-state index contributed by atoms with van der Waals surface area (Å²) >= 11 is 0. The van der Waals surface area contributed by atoms with Gasteiger partial charge in [0.1, 0.15) is 6.04 Å². The number of rotatable bonds is 4. The second kappa shape index (κ2) is 10.9. The van der Waals surface area contributed by atoms with E-state index in [2.05, 4.69) is 12.3 Å².